The Labute approximate surface area is 107 Å². The fourth-order valence-electron chi connectivity index (χ4n) is 2.33. The van der Waals surface area contributed by atoms with Gasteiger partial charge in [0, 0.05) is 18.6 Å². The number of urea groups is 1. The van der Waals surface area contributed by atoms with E-state index < -0.39 is 0 Å². The SMILES string of the molecule is NCC1CCCCN1CC(=O)NC(=O)NC1CC1. The third kappa shape index (κ3) is 3.96. The Kier molecular flexibility index (Phi) is 4.54. The van der Waals surface area contributed by atoms with Crippen molar-refractivity contribution in [2.45, 2.75) is 44.2 Å². The molecule has 0 aromatic rings. The largest absolute Gasteiger partial charge is 0.335 e. The average molecular weight is 254 g/mol. The Morgan fingerprint density at radius 2 is 2.00 bits per heavy atom. The van der Waals surface area contributed by atoms with Crippen molar-refractivity contribution in [1.29, 1.82) is 0 Å². The molecule has 2 aliphatic rings. The zero-order valence-electron chi connectivity index (χ0n) is 10.7. The summed E-state index contributed by atoms with van der Waals surface area (Å²) in [6.07, 6.45) is 5.34. The summed E-state index contributed by atoms with van der Waals surface area (Å²) in [5.74, 6) is -0.242. The number of piperidine rings is 1. The molecular formula is C12H22N4O2. The molecule has 1 atom stereocenters. The lowest BCUT2D eigenvalue weighted by Crippen LogP contribution is -2.50. The third-order valence-corrected chi connectivity index (χ3v) is 3.53. The summed E-state index contributed by atoms with van der Waals surface area (Å²) in [4.78, 5) is 25.2. The van der Waals surface area contributed by atoms with Crippen LogP contribution in [0.25, 0.3) is 0 Å². The van der Waals surface area contributed by atoms with Gasteiger partial charge in [0.15, 0.2) is 0 Å². The van der Waals surface area contributed by atoms with E-state index in [1.165, 1.54) is 6.42 Å². The van der Waals surface area contributed by atoms with Crippen LogP contribution >= 0.6 is 0 Å². The van der Waals surface area contributed by atoms with Crippen molar-refractivity contribution in [3.63, 3.8) is 0 Å². The maximum absolute atomic E-state index is 11.7. The van der Waals surface area contributed by atoms with Crippen molar-refractivity contribution in [3.05, 3.63) is 0 Å². The second-order valence-electron chi connectivity index (χ2n) is 5.15. The van der Waals surface area contributed by atoms with E-state index in [0.717, 1.165) is 32.2 Å². The first kappa shape index (κ1) is 13.3. The third-order valence-electron chi connectivity index (χ3n) is 3.53. The molecule has 0 bridgehead atoms. The van der Waals surface area contributed by atoms with Crippen molar-refractivity contribution < 1.29 is 9.59 Å². The molecule has 0 aromatic heterocycles. The van der Waals surface area contributed by atoms with Crippen LogP contribution in [-0.4, -0.2) is 48.6 Å². The van der Waals surface area contributed by atoms with Crippen LogP contribution in [-0.2, 0) is 4.79 Å². The molecule has 1 unspecified atom stereocenters. The number of imide groups is 1. The van der Waals surface area contributed by atoms with Gasteiger partial charge >= 0.3 is 6.03 Å². The lowest BCUT2D eigenvalue weighted by atomic mass is 10.0. The molecule has 1 heterocycles. The number of amides is 3. The van der Waals surface area contributed by atoms with E-state index >= 15 is 0 Å². The fraction of sp³-hybridized carbons (Fsp3) is 0.833. The van der Waals surface area contributed by atoms with E-state index in [9.17, 15) is 9.59 Å². The number of hydrogen-bond donors (Lipinski definition) is 3. The van der Waals surface area contributed by atoms with Crippen molar-refractivity contribution in [2.75, 3.05) is 19.6 Å². The van der Waals surface area contributed by atoms with Gasteiger partial charge in [-0.05, 0) is 32.2 Å². The molecule has 6 nitrogen and oxygen atoms in total. The average Bonchev–Trinajstić information content (AvgIpc) is 3.13. The summed E-state index contributed by atoms with van der Waals surface area (Å²) in [6.45, 7) is 1.72. The molecule has 0 radical (unpaired) electrons. The molecule has 1 saturated carbocycles. The lowest BCUT2D eigenvalue weighted by molar-refractivity contribution is -0.122. The van der Waals surface area contributed by atoms with Crippen LogP contribution in [0, 0.1) is 0 Å². The van der Waals surface area contributed by atoms with Crippen LogP contribution in [0.3, 0.4) is 0 Å². The van der Waals surface area contributed by atoms with Gasteiger partial charge in [0.25, 0.3) is 0 Å². The second-order valence-corrected chi connectivity index (χ2v) is 5.15. The fourth-order valence-corrected chi connectivity index (χ4v) is 2.33. The Morgan fingerprint density at radius 1 is 1.22 bits per heavy atom. The number of rotatable bonds is 4. The predicted octanol–water partition coefficient (Wildman–Crippen LogP) is -0.212. The first-order valence-electron chi connectivity index (χ1n) is 6.73. The van der Waals surface area contributed by atoms with Gasteiger partial charge in [0.2, 0.25) is 5.91 Å². The molecule has 0 aromatic carbocycles. The maximum atomic E-state index is 11.7. The van der Waals surface area contributed by atoms with Gasteiger partial charge in [-0.1, -0.05) is 6.42 Å². The van der Waals surface area contributed by atoms with E-state index in [2.05, 4.69) is 15.5 Å². The number of likely N-dealkylation sites (tertiary alicyclic amines) is 1. The normalized spacial score (nSPS) is 24.6. The van der Waals surface area contributed by atoms with Crippen LogP contribution in [0.1, 0.15) is 32.1 Å². The standard InChI is InChI=1S/C12H22N4O2/c13-7-10-3-1-2-6-16(10)8-11(17)15-12(18)14-9-4-5-9/h9-10H,1-8,13H2,(H2,14,15,17,18). The number of carbonyl (C=O) groups excluding carboxylic acids is 2. The van der Waals surface area contributed by atoms with Crippen LogP contribution in [0.15, 0.2) is 0 Å². The minimum atomic E-state index is -0.371. The second kappa shape index (κ2) is 6.15. The Hall–Kier alpha value is -1.14. The maximum Gasteiger partial charge on any atom is 0.321 e. The summed E-state index contributed by atoms with van der Waals surface area (Å²) >= 11 is 0. The molecule has 1 aliphatic heterocycles. The Balaban J connectivity index is 1.72. The van der Waals surface area contributed by atoms with Gasteiger partial charge < -0.3 is 11.1 Å². The molecular weight excluding hydrogens is 232 g/mol. The van der Waals surface area contributed by atoms with Crippen LogP contribution in [0.2, 0.25) is 0 Å². The summed E-state index contributed by atoms with van der Waals surface area (Å²) in [7, 11) is 0. The monoisotopic (exact) mass is 254 g/mol. The number of hydrogen-bond acceptors (Lipinski definition) is 4. The summed E-state index contributed by atoms with van der Waals surface area (Å²) in [5.41, 5.74) is 5.69. The van der Waals surface area contributed by atoms with Crippen LogP contribution in [0.5, 0.6) is 0 Å². The van der Waals surface area contributed by atoms with Gasteiger partial charge in [-0.25, -0.2) is 4.79 Å². The van der Waals surface area contributed by atoms with E-state index in [-0.39, 0.29) is 30.6 Å². The molecule has 2 fully saturated rings. The van der Waals surface area contributed by atoms with E-state index in [1.807, 2.05) is 0 Å². The summed E-state index contributed by atoms with van der Waals surface area (Å²) in [6, 6.07) is 0.171. The number of nitrogens with two attached hydrogens (primary N) is 1. The summed E-state index contributed by atoms with van der Waals surface area (Å²) < 4.78 is 0. The molecule has 18 heavy (non-hydrogen) atoms. The molecule has 3 amide bonds. The smallest absolute Gasteiger partial charge is 0.321 e. The summed E-state index contributed by atoms with van der Waals surface area (Å²) in [5, 5.41) is 5.10. The van der Waals surface area contributed by atoms with Crippen molar-refractivity contribution >= 4 is 11.9 Å². The van der Waals surface area contributed by atoms with Gasteiger partial charge in [0.1, 0.15) is 0 Å². The first-order chi connectivity index (χ1) is 8.69. The van der Waals surface area contributed by atoms with Crippen LogP contribution < -0.4 is 16.4 Å². The van der Waals surface area contributed by atoms with Crippen LogP contribution in [0.4, 0.5) is 4.79 Å². The highest BCUT2D eigenvalue weighted by Crippen LogP contribution is 2.18. The minimum Gasteiger partial charge on any atom is -0.335 e. The Morgan fingerprint density at radius 3 is 2.67 bits per heavy atom. The molecule has 2 rings (SSSR count). The molecule has 4 N–H and O–H groups in total. The predicted molar refractivity (Wildman–Crippen MR) is 68.0 cm³/mol. The van der Waals surface area contributed by atoms with E-state index in [4.69, 9.17) is 5.73 Å². The topological polar surface area (TPSA) is 87.5 Å². The molecule has 102 valence electrons. The minimum absolute atomic E-state index is 0.242. The molecule has 0 spiro atoms. The molecule has 6 heteroatoms. The highest BCUT2D eigenvalue weighted by Gasteiger charge is 2.26. The van der Waals surface area contributed by atoms with Gasteiger partial charge in [0.05, 0.1) is 6.54 Å². The van der Waals surface area contributed by atoms with E-state index in [0.29, 0.717) is 6.54 Å². The highest BCUT2D eigenvalue weighted by atomic mass is 16.2. The van der Waals surface area contributed by atoms with Gasteiger partial charge in [-0.3, -0.25) is 15.0 Å². The zero-order chi connectivity index (χ0) is 13.0. The number of nitrogens with zero attached hydrogens (tertiary/aromatic N) is 1. The number of carbonyl (C=O) groups is 2. The number of nitrogens with one attached hydrogen (secondary N) is 2. The first-order valence-corrected chi connectivity index (χ1v) is 6.73. The lowest BCUT2D eigenvalue weighted by Gasteiger charge is -2.34. The van der Waals surface area contributed by atoms with Crippen molar-refractivity contribution in [2.24, 2.45) is 5.73 Å². The van der Waals surface area contributed by atoms with Crippen molar-refractivity contribution in [1.82, 2.24) is 15.5 Å². The Bertz CT molecular complexity index is 317. The van der Waals surface area contributed by atoms with E-state index in [1.54, 1.807) is 0 Å². The molecule has 1 aliphatic carbocycles. The van der Waals surface area contributed by atoms with Gasteiger partial charge in [-0.15, -0.1) is 0 Å². The zero-order valence-corrected chi connectivity index (χ0v) is 10.7. The highest BCUT2D eigenvalue weighted by molar-refractivity contribution is 5.95. The van der Waals surface area contributed by atoms with Gasteiger partial charge in [-0.2, -0.15) is 0 Å². The quantitative estimate of drug-likeness (QED) is 0.647. The molecule has 1 saturated heterocycles. The van der Waals surface area contributed by atoms with Crippen molar-refractivity contribution in [3.8, 4) is 0 Å².